The number of pyridine rings is 1. The Morgan fingerprint density at radius 2 is 1.68 bits per heavy atom. The molecule has 0 fully saturated rings. The highest BCUT2D eigenvalue weighted by atomic mass is 19.1. The van der Waals surface area contributed by atoms with Crippen LogP contribution in [0.5, 0.6) is 0 Å². The molecule has 0 saturated heterocycles. The van der Waals surface area contributed by atoms with Crippen LogP contribution in [0.2, 0.25) is 0 Å². The molecule has 1 aromatic heterocycles. The van der Waals surface area contributed by atoms with Crippen molar-refractivity contribution in [3.63, 3.8) is 0 Å². The molecule has 124 valence electrons. The Balaban J connectivity index is 1.81. The molecule has 4 heteroatoms. The van der Waals surface area contributed by atoms with Crippen molar-refractivity contribution in [1.29, 1.82) is 0 Å². The number of carbonyl (C=O) groups is 1. The molecule has 3 nitrogen and oxygen atoms in total. The number of aromatic nitrogens is 1. The lowest BCUT2D eigenvalue weighted by Gasteiger charge is -2.17. The van der Waals surface area contributed by atoms with Crippen molar-refractivity contribution in [3.8, 4) is 0 Å². The minimum atomic E-state index is -0.375. The van der Waals surface area contributed by atoms with Crippen LogP contribution < -0.4 is 5.32 Å². The minimum absolute atomic E-state index is 0.317. The second-order valence-electron chi connectivity index (χ2n) is 5.46. The number of nitrogens with zero attached hydrogens (tertiary/aromatic N) is 1. The van der Waals surface area contributed by atoms with Gasteiger partial charge in [-0.3, -0.25) is 9.78 Å². The quantitative estimate of drug-likeness (QED) is 0.714. The van der Waals surface area contributed by atoms with Crippen LogP contribution in [0.4, 0.5) is 4.39 Å². The van der Waals surface area contributed by atoms with Crippen molar-refractivity contribution in [2.24, 2.45) is 0 Å². The number of halogens is 1. The molecule has 3 rings (SSSR count). The Labute approximate surface area is 145 Å². The monoisotopic (exact) mass is 332 g/mol. The molecule has 1 unspecified atom stereocenters. The predicted octanol–water partition coefficient (Wildman–Crippen LogP) is 4.14. The topological polar surface area (TPSA) is 42.0 Å². The maximum Gasteiger partial charge on any atom is 0.244 e. The highest BCUT2D eigenvalue weighted by molar-refractivity contribution is 5.92. The van der Waals surface area contributed by atoms with Crippen LogP contribution in [0.25, 0.3) is 6.08 Å². The lowest BCUT2D eigenvalue weighted by molar-refractivity contribution is -0.116. The summed E-state index contributed by atoms with van der Waals surface area (Å²) < 4.78 is 13.6. The van der Waals surface area contributed by atoms with Crippen molar-refractivity contribution in [2.75, 3.05) is 0 Å². The van der Waals surface area contributed by atoms with Gasteiger partial charge in [-0.1, -0.05) is 54.6 Å². The fourth-order valence-electron chi connectivity index (χ4n) is 2.49. The van der Waals surface area contributed by atoms with Gasteiger partial charge in [0, 0.05) is 17.8 Å². The summed E-state index contributed by atoms with van der Waals surface area (Å²) in [6.07, 6.45) is 4.48. The van der Waals surface area contributed by atoms with Crippen molar-refractivity contribution in [2.45, 2.75) is 6.04 Å². The van der Waals surface area contributed by atoms with Crippen LogP contribution in [0.15, 0.2) is 85.1 Å². The van der Waals surface area contributed by atoms with Gasteiger partial charge in [-0.15, -0.1) is 0 Å². The van der Waals surface area contributed by atoms with E-state index in [1.165, 1.54) is 18.2 Å². The maximum absolute atomic E-state index is 13.6. The number of amides is 1. The summed E-state index contributed by atoms with van der Waals surface area (Å²) in [6, 6.07) is 21.1. The van der Waals surface area contributed by atoms with Crippen LogP contribution in [-0.2, 0) is 4.79 Å². The zero-order valence-electron chi connectivity index (χ0n) is 13.5. The fraction of sp³-hybridized carbons (Fsp3) is 0.0476. The molecule has 0 aliphatic heterocycles. The first-order valence-corrected chi connectivity index (χ1v) is 7.93. The standard InChI is InChI=1S/C21H17FN2O/c22-18-11-5-4-8-16(18)13-14-20(25)24-21(17-9-2-1-3-10-17)19-12-6-7-15-23-19/h1-15,21H,(H,24,25)/b14-13+. The Bertz CT molecular complexity index is 824. The van der Waals surface area contributed by atoms with Gasteiger partial charge in [0.2, 0.25) is 5.91 Å². The summed E-state index contributed by atoms with van der Waals surface area (Å²) in [5.74, 6) is -0.682. The molecule has 2 aromatic carbocycles. The number of carbonyl (C=O) groups excluding carboxylic acids is 1. The van der Waals surface area contributed by atoms with Gasteiger partial charge in [0.1, 0.15) is 5.82 Å². The Hall–Kier alpha value is -3.27. The molecular weight excluding hydrogens is 315 g/mol. The third kappa shape index (κ3) is 4.38. The number of benzene rings is 2. The van der Waals surface area contributed by atoms with Crippen molar-refractivity contribution in [3.05, 3.63) is 108 Å². The van der Waals surface area contributed by atoms with E-state index < -0.39 is 0 Å². The van der Waals surface area contributed by atoms with Crippen LogP contribution in [0.3, 0.4) is 0 Å². The van der Waals surface area contributed by atoms with Gasteiger partial charge in [0.25, 0.3) is 0 Å². The van der Waals surface area contributed by atoms with E-state index in [0.29, 0.717) is 5.56 Å². The van der Waals surface area contributed by atoms with Crippen LogP contribution in [0.1, 0.15) is 22.9 Å². The molecule has 0 bridgehead atoms. The molecular formula is C21H17FN2O. The molecule has 3 aromatic rings. The summed E-state index contributed by atoms with van der Waals surface area (Å²) in [4.78, 5) is 16.7. The van der Waals surface area contributed by atoms with E-state index >= 15 is 0 Å². The molecule has 0 saturated carbocycles. The smallest absolute Gasteiger partial charge is 0.244 e. The molecule has 0 aliphatic rings. The first-order valence-electron chi connectivity index (χ1n) is 7.93. The molecule has 0 aliphatic carbocycles. The molecule has 1 heterocycles. The highest BCUT2D eigenvalue weighted by Crippen LogP contribution is 2.20. The van der Waals surface area contributed by atoms with Gasteiger partial charge in [0.05, 0.1) is 11.7 Å². The summed E-state index contributed by atoms with van der Waals surface area (Å²) in [7, 11) is 0. The average Bonchev–Trinajstić information content (AvgIpc) is 2.67. The zero-order valence-corrected chi connectivity index (χ0v) is 13.5. The summed E-state index contributed by atoms with van der Waals surface area (Å²) >= 11 is 0. The van der Waals surface area contributed by atoms with Gasteiger partial charge in [0.15, 0.2) is 0 Å². The Morgan fingerprint density at radius 1 is 0.960 bits per heavy atom. The Morgan fingerprint density at radius 3 is 2.40 bits per heavy atom. The number of hydrogen-bond acceptors (Lipinski definition) is 2. The highest BCUT2D eigenvalue weighted by Gasteiger charge is 2.16. The van der Waals surface area contributed by atoms with Crippen LogP contribution >= 0.6 is 0 Å². The molecule has 1 amide bonds. The predicted molar refractivity (Wildman–Crippen MR) is 96.1 cm³/mol. The average molecular weight is 332 g/mol. The van der Waals surface area contributed by atoms with E-state index in [0.717, 1.165) is 11.3 Å². The number of rotatable bonds is 5. The van der Waals surface area contributed by atoms with E-state index in [4.69, 9.17) is 0 Å². The summed E-state index contributed by atoms with van der Waals surface area (Å²) in [5, 5.41) is 2.93. The second kappa shape index (κ2) is 8.02. The number of nitrogens with one attached hydrogen (secondary N) is 1. The first-order chi connectivity index (χ1) is 12.2. The summed E-state index contributed by atoms with van der Waals surface area (Å²) in [6.45, 7) is 0. The zero-order chi connectivity index (χ0) is 17.5. The van der Waals surface area contributed by atoms with Gasteiger partial charge < -0.3 is 5.32 Å². The molecule has 0 radical (unpaired) electrons. The van der Waals surface area contributed by atoms with Crippen molar-refractivity contribution < 1.29 is 9.18 Å². The van der Waals surface area contributed by atoms with Crippen LogP contribution in [0, 0.1) is 5.82 Å². The maximum atomic E-state index is 13.6. The molecule has 0 spiro atoms. The fourth-order valence-corrected chi connectivity index (χ4v) is 2.49. The normalized spacial score (nSPS) is 12.0. The lowest BCUT2D eigenvalue weighted by atomic mass is 10.0. The van der Waals surface area contributed by atoms with Crippen molar-refractivity contribution in [1.82, 2.24) is 10.3 Å². The third-order valence-corrected chi connectivity index (χ3v) is 3.72. The van der Waals surface area contributed by atoms with Gasteiger partial charge in [-0.2, -0.15) is 0 Å². The van der Waals surface area contributed by atoms with E-state index in [1.807, 2.05) is 48.5 Å². The SMILES string of the molecule is O=C(/C=C/c1ccccc1F)NC(c1ccccc1)c1ccccn1. The van der Waals surface area contributed by atoms with E-state index in [2.05, 4.69) is 10.3 Å². The third-order valence-electron chi connectivity index (χ3n) is 3.72. The lowest BCUT2D eigenvalue weighted by Crippen LogP contribution is -2.28. The van der Waals surface area contributed by atoms with Gasteiger partial charge >= 0.3 is 0 Å². The van der Waals surface area contributed by atoms with Gasteiger partial charge in [-0.25, -0.2) is 4.39 Å². The number of hydrogen-bond donors (Lipinski definition) is 1. The largest absolute Gasteiger partial charge is 0.340 e. The van der Waals surface area contributed by atoms with E-state index in [9.17, 15) is 9.18 Å². The van der Waals surface area contributed by atoms with Crippen LogP contribution in [-0.4, -0.2) is 10.9 Å². The minimum Gasteiger partial charge on any atom is -0.340 e. The Kier molecular flexibility index (Phi) is 5.32. The van der Waals surface area contributed by atoms with Gasteiger partial charge in [-0.05, 0) is 29.8 Å². The van der Waals surface area contributed by atoms with E-state index in [1.54, 1.807) is 24.4 Å². The van der Waals surface area contributed by atoms with E-state index in [-0.39, 0.29) is 17.8 Å². The molecule has 1 atom stereocenters. The first kappa shape index (κ1) is 16.6. The molecule has 1 N–H and O–H groups in total. The van der Waals surface area contributed by atoms with Crippen molar-refractivity contribution >= 4 is 12.0 Å². The second-order valence-corrected chi connectivity index (χ2v) is 5.46. The summed E-state index contributed by atoms with van der Waals surface area (Å²) in [5.41, 5.74) is 2.03. The molecule has 25 heavy (non-hydrogen) atoms.